The summed E-state index contributed by atoms with van der Waals surface area (Å²) in [5.74, 6) is -0.171. The van der Waals surface area contributed by atoms with Crippen LogP contribution in [0.2, 0.25) is 0 Å². The summed E-state index contributed by atoms with van der Waals surface area (Å²) in [5, 5.41) is 0. The molecule has 0 aromatic rings. The van der Waals surface area contributed by atoms with Gasteiger partial charge in [-0.2, -0.15) is 0 Å². The van der Waals surface area contributed by atoms with E-state index in [0.717, 1.165) is 12.0 Å². The number of esters is 1. The Hall–Kier alpha value is -1.05. The van der Waals surface area contributed by atoms with E-state index in [1.807, 2.05) is 32.1 Å². The summed E-state index contributed by atoms with van der Waals surface area (Å²) >= 11 is 0. The van der Waals surface area contributed by atoms with E-state index >= 15 is 0 Å². The minimum Gasteiger partial charge on any atom is -0.454 e. The van der Waals surface area contributed by atoms with Crippen LogP contribution in [-0.2, 0) is 9.53 Å². The first kappa shape index (κ1) is 8.05. The number of hydrogen-bond acceptors (Lipinski definition) is 2. The molecule has 1 saturated heterocycles. The first-order valence-electron chi connectivity index (χ1n) is 3.77. The lowest BCUT2D eigenvalue weighted by molar-refractivity contribution is -0.137. The van der Waals surface area contributed by atoms with E-state index in [2.05, 4.69) is 0 Å². The van der Waals surface area contributed by atoms with Gasteiger partial charge in [0.1, 0.15) is 6.10 Å². The SMILES string of the molecule is CC=CC1CC(=CC)C(=O)O1. The Labute approximate surface area is 66.5 Å². The predicted octanol–water partition coefficient (Wildman–Crippen LogP) is 1.82. The molecule has 0 bridgehead atoms. The largest absolute Gasteiger partial charge is 0.454 e. The normalized spacial score (nSPS) is 28.4. The van der Waals surface area contributed by atoms with Gasteiger partial charge in [-0.15, -0.1) is 0 Å². The third kappa shape index (κ3) is 1.70. The monoisotopic (exact) mass is 152 g/mol. The van der Waals surface area contributed by atoms with E-state index in [4.69, 9.17) is 4.74 Å². The van der Waals surface area contributed by atoms with E-state index in [1.54, 1.807) is 0 Å². The molecule has 1 aliphatic heterocycles. The van der Waals surface area contributed by atoms with E-state index < -0.39 is 0 Å². The summed E-state index contributed by atoms with van der Waals surface area (Å²) < 4.78 is 5.01. The molecule has 0 spiro atoms. The van der Waals surface area contributed by atoms with Crippen LogP contribution in [-0.4, -0.2) is 12.1 Å². The molecule has 1 heterocycles. The van der Waals surface area contributed by atoms with Crippen LogP contribution in [0.3, 0.4) is 0 Å². The zero-order chi connectivity index (χ0) is 8.27. The Morgan fingerprint density at radius 2 is 2.27 bits per heavy atom. The van der Waals surface area contributed by atoms with Gasteiger partial charge < -0.3 is 4.74 Å². The summed E-state index contributed by atoms with van der Waals surface area (Å²) in [6, 6.07) is 0. The topological polar surface area (TPSA) is 26.3 Å². The fourth-order valence-electron chi connectivity index (χ4n) is 1.11. The fraction of sp³-hybridized carbons (Fsp3) is 0.444. The quantitative estimate of drug-likeness (QED) is 0.325. The molecule has 2 nitrogen and oxygen atoms in total. The molecule has 0 N–H and O–H groups in total. The maximum Gasteiger partial charge on any atom is 0.334 e. The van der Waals surface area contributed by atoms with Crippen molar-refractivity contribution < 1.29 is 9.53 Å². The molecular formula is C9H12O2. The van der Waals surface area contributed by atoms with Crippen LogP contribution in [0.25, 0.3) is 0 Å². The second kappa shape index (κ2) is 3.37. The van der Waals surface area contributed by atoms with Crippen molar-refractivity contribution in [2.24, 2.45) is 0 Å². The van der Waals surface area contributed by atoms with E-state index in [9.17, 15) is 4.79 Å². The second-order valence-electron chi connectivity index (χ2n) is 2.49. The number of rotatable bonds is 1. The van der Waals surface area contributed by atoms with Gasteiger partial charge in [0.15, 0.2) is 0 Å². The van der Waals surface area contributed by atoms with Crippen LogP contribution in [0, 0.1) is 0 Å². The average Bonchev–Trinajstić information content (AvgIpc) is 2.32. The second-order valence-corrected chi connectivity index (χ2v) is 2.49. The molecule has 1 unspecified atom stereocenters. The molecule has 0 radical (unpaired) electrons. The molecule has 0 aliphatic carbocycles. The van der Waals surface area contributed by atoms with Gasteiger partial charge in [0.2, 0.25) is 0 Å². The van der Waals surface area contributed by atoms with Crippen LogP contribution in [0.5, 0.6) is 0 Å². The molecule has 0 aromatic carbocycles. The maximum atomic E-state index is 11.0. The van der Waals surface area contributed by atoms with E-state index in [1.165, 1.54) is 0 Å². The lowest BCUT2D eigenvalue weighted by Gasteiger charge is -1.98. The smallest absolute Gasteiger partial charge is 0.334 e. The molecule has 11 heavy (non-hydrogen) atoms. The standard InChI is InChI=1S/C9H12O2/c1-3-5-8-6-7(4-2)9(10)11-8/h3-5,8H,6H2,1-2H3. The molecule has 0 amide bonds. The van der Waals surface area contributed by atoms with Crippen LogP contribution < -0.4 is 0 Å². The highest BCUT2D eigenvalue weighted by molar-refractivity contribution is 5.90. The van der Waals surface area contributed by atoms with Crippen molar-refractivity contribution in [1.29, 1.82) is 0 Å². The fourth-order valence-corrected chi connectivity index (χ4v) is 1.11. The van der Waals surface area contributed by atoms with Gasteiger partial charge >= 0.3 is 5.97 Å². The Bertz CT molecular complexity index is 214. The Morgan fingerprint density at radius 3 is 2.73 bits per heavy atom. The number of allylic oxidation sites excluding steroid dienone is 2. The van der Waals surface area contributed by atoms with Crippen molar-refractivity contribution in [3.63, 3.8) is 0 Å². The summed E-state index contributed by atoms with van der Waals surface area (Å²) in [6.45, 7) is 3.77. The molecule has 0 saturated carbocycles. The van der Waals surface area contributed by atoms with Gasteiger partial charge in [0.25, 0.3) is 0 Å². The van der Waals surface area contributed by atoms with Crippen molar-refractivity contribution in [2.75, 3.05) is 0 Å². The first-order chi connectivity index (χ1) is 5.27. The number of carbonyl (C=O) groups is 1. The number of hydrogen-bond donors (Lipinski definition) is 0. The number of carbonyl (C=O) groups excluding carboxylic acids is 1. The van der Waals surface area contributed by atoms with Crippen LogP contribution >= 0.6 is 0 Å². The zero-order valence-corrected chi connectivity index (χ0v) is 6.83. The Kier molecular flexibility index (Phi) is 2.47. The molecule has 1 fully saturated rings. The molecule has 60 valence electrons. The van der Waals surface area contributed by atoms with Crippen molar-refractivity contribution in [3.8, 4) is 0 Å². The summed E-state index contributed by atoms with van der Waals surface area (Å²) in [4.78, 5) is 11.0. The summed E-state index contributed by atoms with van der Waals surface area (Å²) in [7, 11) is 0. The molecule has 2 heteroatoms. The van der Waals surface area contributed by atoms with Crippen molar-refractivity contribution >= 4 is 5.97 Å². The van der Waals surface area contributed by atoms with E-state index in [-0.39, 0.29) is 12.1 Å². The van der Waals surface area contributed by atoms with Crippen molar-refractivity contribution in [3.05, 3.63) is 23.8 Å². The van der Waals surface area contributed by atoms with E-state index in [0.29, 0.717) is 0 Å². The Morgan fingerprint density at radius 1 is 1.55 bits per heavy atom. The molecule has 1 rings (SSSR count). The predicted molar refractivity (Wildman–Crippen MR) is 43.1 cm³/mol. The molecule has 0 aromatic heterocycles. The van der Waals surface area contributed by atoms with Gasteiger partial charge in [-0.1, -0.05) is 12.2 Å². The lowest BCUT2D eigenvalue weighted by Crippen LogP contribution is -2.01. The third-order valence-electron chi connectivity index (χ3n) is 1.70. The highest BCUT2D eigenvalue weighted by Crippen LogP contribution is 2.20. The highest BCUT2D eigenvalue weighted by atomic mass is 16.5. The summed E-state index contributed by atoms with van der Waals surface area (Å²) in [6.07, 6.45) is 6.30. The maximum absolute atomic E-state index is 11.0. The molecular weight excluding hydrogens is 140 g/mol. The van der Waals surface area contributed by atoms with Gasteiger partial charge in [-0.05, 0) is 19.9 Å². The van der Waals surface area contributed by atoms with Gasteiger partial charge in [0, 0.05) is 12.0 Å². The first-order valence-corrected chi connectivity index (χ1v) is 3.77. The van der Waals surface area contributed by atoms with Crippen LogP contribution in [0.15, 0.2) is 23.8 Å². The average molecular weight is 152 g/mol. The summed E-state index contributed by atoms with van der Waals surface area (Å²) in [5.41, 5.74) is 0.785. The Balaban J connectivity index is 2.64. The number of cyclic esters (lactones) is 1. The lowest BCUT2D eigenvalue weighted by atomic mass is 10.1. The zero-order valence-electron chi connectivity index (χ0n) is 6.83. The number of ether oxygens (including phenoxy) is 1. The van der Waals surface area contributed by atoms with Gasteiger partial charge in [-0.3, -0.25) is 0 Å². The van der Waals surface area contributed by atoms with Crippen LogP contribution in [0.4, 0.5) is 0 Å². The molecule has 1 aliphatic rings. The highest BCUT2D eigenvalue weighted by Gasteiger charge is 2.25. The van der Waals surface area contributed by atoms with Gasteiger partial charge in [0.05, 0.1) is 0 Å². The minimum absolute atomic E-state index is 0.0290. The third-order valence-corrected chi connectivity index (χ3v) is 1.70. The minimum atomic E-state index is -0.171. The van der Waals surface area contributed by atoms with Crippen LogP contribution in [0.1, 0.15) is 20.3 Å². The van der Waals surface area contributed by atoms with Crippen molar-refractivity contribution in [1.82, 2.24) is 0 Å². The van der Waals surface area contributed by atoms with Gasteiger partial charge in [-0.25, -0.2) is 4.79 Å². The molecule has 1 atom stereocenters. The van der Waals surface area contributed by atoms with Crippen molar-refractivity contribution in [2.45, 2.75) is 26.4 Å².